The van der Waals surface area contributed by atoms with Crippen LogP contribution in [0.4, 0.5) is 34.1 Å². The van der Waals surface area contributed by atoms with E-state index in [2.05, 4.69) is 248 Å². The summed E-state index contributed by atoms with van der Waals surface area (Å²) in [5.41, 5.74) is 15.2. The first-order valence-electron chi connectivity index (χ1n) is 19.9. The van der Waals surface area contributed by atoms with Gasteiger partial charge < -0.3 is 9.80 Å². The molecule has 2 nitrogen and oxygen atoms in total. The fraction of sp³-hybridized carbons (Fsp3) is 0.222. The monoisotopic (exact) mass is 732 g/mol. The third-order valence-electron chi connectivity index (χ3n) is 10.7. The molecule has 282 valence electrons. The quantitative estimate of drug-likeness (QED) is 0.153. The third-order valence-corrected chi connectivity index (χ3v) is 10.7. The van der Waals surface area contributed by atoms with Crippen molar-refractivity contribution in [3.05, 3.63) is 193 Å². The van der Waals surface area contributed by atoms with Crippen LogP contribution in [0.2, 0.25) is 0 Å². The molecule has 0 aliphatic rings. The summed E-state index contributed by atoms with van der Waals surface area (Å²) in [6, 6.07) is 64.7. The second-order valence-corrected chi connectivity index (χ2v) is 18.0. The maximum atomic E-state index is 2.47. The van der Waals surface area contributed by atoms with Gasteiger partial charge in [0.05, 0.1) is 11.4 Å². The average Bonchev–Trinajstić information content (AvgIpc) is 3.19. The van der Waals surface area contributed by atoms with Gasteiger partial charge in [-0.3, -0.25) is 0 Å². The van der Waals surface area contributed by atoms with Crippen LogP contribution in [0.1, 0.15) is 79.0 Å². The molecule has 7 aromatic rings. The Hall–Kier alpha value is -5.86. The summed E-state index contributed by atoms with van der Waals surface area (Å²) in [4.78, 5) is 4.92. The van der Waals surface area contributed by atoms with Crippen molar-refractivity contribution in [2.45, 2.75) is 78.6 Å². The summed E-state index contributed by atoms with van der Waals surface area (Å²) >= 11 is 0. The number of benzene rings is 7. The van der Waals surface area contributed by atoms with E-state index in [1.165, 1.54) is 27.8 Å². The fourth-order valence-electron chi connectivity index (χ4n) is 7.38. The standard InChI is InChI=1S/C54H56N2/c1-52(2,3)42-27-33-47(34-28-42)55(45-23-17-12-18-24-45)49-37-44(54(7,8)9)38-50(51(49)41-21-15-11-16-22-41)56(48-35-29-43(30-36-48)53(4,5)6)46-31-25-40(26-32-46)39-19-13-10-14-20-39/h10-38H,1-9H3. The molecule has 7 rings (SSSR count). The summed E-state index contributed by atoms with van der Waals surface area (Å²) in [6.07, 6.45) is 0. The van der Waals surface area contributed by atoms with Crippen molar-refractivity contribution in [2.75, 3.05) is 9.80 Å². The Bertz CT molecular complexity index is 2360. The molecule has 0 fully saturated rings. The minimum atomic E-state index is -0.143. The zero-order chi connectivity index (χ0) is 39.7. The van der Waals surface area contributed by atoms with E-state index in [4.69, 9.17) is 0 Å². The molecule has 0 radical (unpaired) electrons. The molecule has 0 aliphatic carbocycles. The van der Waals surface area contributed by atoms with Gasteiger partial charge in [0.25, 0.3) is 0 Å². The topological polar surface area (TPSA) is 6.48 Å². The van der Waals surface area contributed by atoms with Crippen LogP contribution in [0.25, 0.3) is 22.3 Å². The van der Waals surface area contributed by atoms with Gasteiger partial charge in [0.15, 0.2) is 0 Å². The summed E-state index contributed by atoms with van der Waals surface area (Å²) < 4.78 is 0. The van der Waals surface area contributed by atoms with Gasteiger partial charge in [0.1, 0.15) is 0 Å². The van der Waals surface area contributed by atoms with Gasteiger partial charge in [-0.2, -0.15) is 0 Å². The number of para-hydroxylation sites is 1. The number of nitrogens with zero attached hydrogens (tertiary/aromatic N) is 2. The normalized spacial score (nSPS) is 12.0. The molecule has 0 unspecified atom stereocenters. The Morgan fingerprint density at radius 1 is 0.286 bits per heavy atom. The van der Waals surface area contributed by atoms with Crippen LogP contribution < -0.4 is 9.80 Å². The summed E-state index contributed by atoms with van der Waals surface area (Å²) in [5.74, 6) is 0. The Labute approximate surface area is 336 Å². The van der Waals surface area contributed by atoms with Crippen molar-refractivity contribution in [1.29, 1.82) is 0 Å². The zero-order valence-corrected chi connectivity index (χ0v) is 34.6. The molecule has 0 aliphatic heterocycles. The largest absolute Gasteiger partial charge is 0.310 e. The van der Waals surface area contributed by atoms with Gasteiger partial charge >= 0.3 is 0 Å². The van der Waals surface area contributed by atoms with Crippen molar-refractivity contribution in [3.8, 4) is 22.3 Å². The Kier molecular flexibility index (Phi) is 10.5. The lowest BCUT2D eigenvalue weighted by Crippen LogP contribution is -2.20. The molecule has 0 spiro atoms. The molecule has 7 aromatic carbocycles. The van der Waals surface area contributed by atoms with E-state index in [1.807, 2.05) is 0 Å². The minimum Gasteiger partial charge on any atom is -0.310 e. The van der Waals surface area contributed by atoms with Gasteiger partial charge in [0.2, 0.25) is 0 Å². The lowest BCUT2D eigenvalue weighted by molar-refractivity contribution is 0.589. The minimum absolute atomic E-state index is 0.0357. The van der Waals surface area contributed by atoms with E-state index >= 15 is 0 Å². The number of rotatable bonds is 8. The summed E-state index contributed by atoms with van der Waals surface area (Å²) in [5, 5.41) is 0. The van der Waals surface area contributed by atoms with Crippen molar-refractivity contribution in [3.63, 3.8) is 0 Å². The lowest BCUT2D eigenvalue weighted by atomic mass is 9.83. The van der Waals surface area contributed by atoms with Crippen LogP contribution in [0.3, 0.4) is 0 Å². The molecule has 0 heterocycles. The molecule has 0 aromatic heterocycles. The SMILES string of the molecule is CC(C)(C)c1ccc(N(c2ccccc2)c2cc(C(C)(C)C)cc(N(c3ccc(-c4ccccc4)cc3)c3ccc(C(C)(C)C)cc3)c2-c2ccccc2)cc1. The first-order chi connectivity index (χ1) is 26.7. The Morgan fingerprint density at radius 2 is 0.589 bits per heavy atom. The molecule has 0 amide bonds. The number of anilines is 6. The average molecular weight is 733 g/mol. The highest BCUT2D eigenvalue weighted by Gasteiger charge is 2.29. The van der Waals surface area contributed by atoms with Crippen molar-refractivity contribution in [2.24, 2.45) is 0 Å². The van der Waals surface area contributed by atoms with E-state index < -0.39 is 0 Å². The van der Waals surface area contributed by atoms with Gasteiger partial charge in [-0.25, -0.2) is 0 Å². The van der Waals surface area contributed by atoms with Crippen molar-refractivity contribution in [1.82, 2.24) is 0 Å². The second kappa shape index (κ2) is 15.3. The summed E-state index contributed by atoms with van der Waals surface area (Å²) in [7, 11) is 0. The Balaban J connectivity index is 1.56. The van der Waals surface area contributed by atoms with Gasteiger partial charge in [0, 0.05) is 28.3 Å². The first-order valence-corrected chi connectivity index (χ1v) is 19.9. The highest BCUT2D eigenvalue weighted by molar-refractivity contribution is 5.99. The van der Waals surface area contributed by atoms with E-state index in [9.17, 15) is 0 Å². The maximum absolute atomic E-state index is 2.47. The van der Waals surface area contributed by atoms with Crippen LogP contribution >= 0.6 is 0 Å². The first kappa shape index (κ1) is 38.4. The molecular weight excluding hydrogens is 677 g/mol. The molecule has 2 heteroatoms. The molecule has 0 bridgehead atoms. The van der Waals surface area contributed by atoms with Crippen LogP contribution in [0, 0.1) is 0 Å². The predicted octanol–water partition coefficient (Wildman–Crippen LogP) is 15.9. The predicted molar refractivity (Wildman–Crippen MR) is 243 cm³/mol. The molecule has 0 saturated heterocycles. The van der Waals surface area contributed by atoms with Crippen LogP contribution in [-0.4, -0.2) is 0 Å². The van der Waals surface area contributed by atoms with E-state index in [1.54, 1.807) is 0 Å². The lowest BCUT2D eigenvalue weighted by Gasteiger charge is -2.35. The molecule has 56 heavy (non-hydrogen) atoms. The highest BCUT2D eigenvalue weighted by Crippen LogP contribution is 2.51. The molecule has 0 saturated carbocycles. The zero-order valence-electron chi connectivity index (χ0n) is 34.6. The maximum Gasteiger partial charge on any atom is 0.0564 e. The van der Waals surface area contributed by atoms with E-state index in [0.29, 0.717) is 0 Å². The molecule has 0 atom stereocenters. The van der Waals surface area contributed by atoms with Crippen LogP contribution in [-0.2, 0) is 16.2 Å². The number of hydrogen-bond acceptors (Lipinski definition) is 2. The second-order valence-electron chi connectivity index (χ2n) is 18.0. The van der Waals surface area contributed by atoms with Crippen molar-refractivity contribution < 1.29 is 0 Å². The van der Waals surface area contributed by atoms with Gasteiger partial charge in [-0.15, -0.1) is 0 Å². The Morgan fingerprint density at radius 3 is 0.964 bits per heavy atom. The van der Waals surface area contributed by atoms with Gasteiger partial charge in [-0.1, -0.05) is 178 Å². The van der Waals surface area contributed by atoms with Crippen molar-refractivity contribution >= 4 is 34.1 Å². The number of hydrogen-bond donors (Lipinski definition) is 0. The molecular formula is C54H56N2. The highest BCUT2D eigenvalue weighted by atomic mass is 15.2. The third kappa shape index (κ3) is 8.21. The van der Waals surface area contributed by atoms with E-state index in [-0.39, 0.29) is 16.2 Å². The van der Waals surface area contributed by atoms with Crippen LogP contribution in [0.15, 0.2) is 176 Å². The van der Waals surface area contributed by atoms with Crippen LogP contribution in [0.5, 0.6) is 0 Å². The molecule has 0 N–H and O–H groups in total. The smallest absolute Gasteiger partial charge is 0.0564 e. The van der Waals surface area contributed by atoms with Gasteiger partial charge in [-0.05, 0) is 110 Å². The van der Waals surface area contributed by atoms with E-state index in [0.717, 1.165) is 45.3 Å². The fourth-order valence-corrected chi connectivity index (χ4v) is 7.38. The summed E-state index contributed by atoms with van der Waals surface area (Å²) in [6.45, 7) is 20.6.